The maximum absolute atomic E-state index is 13.4. The van der Waals surface area contributed by atoms with E-state index < -0.39 is 20.9 Å². The van der Waals surface area contributed by atoms with Gasteiger partial charge in [0.15, 0.2) is 15.4 Å². The third kappa shape index (κ3) is 2.80. The molecule has 1 aliphatic rings. The minimum Gasteiger partial charge on any atom is -0.356 e. The van der Waals surface area contributed by atoms with E-state index in [-0.39, 0.29) is 18.4 Å². The summed E-state index contributed by atoms with van der Waals surface area (Å²) in [4.78, 5) is 12.5. The van der Waals surface area contributed by atoms with Gasteiger partial charge in [-0.3, -0.25) is 4.79 Å². The second-order valence-corrected chi connectivity index (χ2v) is 9.80. The standard InChI is InChI=1S/C17H15FN2O4S2/c1-9-6-13(11-4-5-25-17(11)26(9,22)23)19-16(21)8-14-12-7-10(18)2-3-15(12)24-20-14/h2-5,7,9,13H,6,8H2,1H3,(H,19,21)/t9-,13-/m0/s1. The Hall–Kier alpha value is -2.26. The maximum atomic E-state index is 13.4. The number of fused-ring (bicyclic) bond motifs is 2. The summed E-state index contributed by atoms with van der Waals surface area (Å²) in [6, 6.07) is 5.36. The van der Waals surface area contributed by atoms with Crippen molar-refractivity contribution in [3.8, 4) is 0 Å². The van der Waals surface area contributed by atoms with Crippen LogP contribution in [0.1, 0.15) is 30.6 Å². The summed E-state index contributed by atoms with van der Waals surface area (Å²) in [6.45, 7) is 1.64. The first-order valence-electron chi connectivity index (χ1n) is 8.00. The lowest BCUT2D eigenvalue weighted by atomic mass is 10.0. The lowest BCUT2D eigenvalue weighted by Gasteiger charge is -2.27. The lowest BCUT2D eigenvalue weighted by molar-refractivity contribution is -0.121. The van der Waals surface area contributed by atoms with Crippen molar-refractivity contribution in [2.45, 2.75) is 35.3 Å². The Morgan fingerprint density at radius 3 is 3.04 bits per heavy atom. The number of halogens is 1. The summed E-state index contributed by atoms with van der Waals surface area (Å²) >= 11 is 1.17. The number of carbonyl (C=O) groups excluding carboxylic acids is 1. The first-order chi connectivity index (χ1) is 12.4. The first-order valence-corrected chi connectivity index (χ1v) is 10.4. The number of hydrogen-bond donors (Lipinski definition) is 1. The molecule has 1 N–H and O–H groups in total. The number of nitrogens with zero attached hydrogens (tertiary/aromatic N) is 1. The molecule has 0 unspecified atom stereocenters. The van der Waals surface area contributed by atoms with Crippen LogP contribution in [0.2, 0.25) is 0 Å². The Kier molecular flexibility index (Phi) is 4.07. The number of amides is 1. The van der Waals surface area contributed by atoms with Crippen LogP contribution in [-0.4, -0.2) is 24.7 Å². The van der Waals surface area contributed by atoms with E-state index in [9.17, 15) is 17.6 Å². The summed E-state index contributed by atoms with van der Waals surface area (Å²) < 4.78 is 43.6. The molecule has 0 saturated heterocycles. The van der Waals surface area contributed by atoms with Crippen LogP contribution in [0.25, 0.3) is 11.0 Å². The second-order valence-electron chi connectivity index (χ2n) is 6.32. The SMILES string of the molecule is C[C@H]1C[C@H](NC(=O)Cc2noc3ccc(F)cc23)c2ccsc2S1(=O)=O. The zero-order chi connectivity index (χ0) is 18.5. The van der Waals surface area contributed by atoms with Crippen molar-refractivity contribution >= 4 is 38.1 Å². The second kappa shape index (κ2) is 6.17. The zero-order valence-corrected chi connectivity index (χ0v) is 15.4. The number of thiophene rings is 1. The highest BCUT2D eigenvalue weighted by Crippen LogP contribution is 2.39. The number of rotatable bonds is 3. The van der Waals surface area contributed by atoms with Crippen molar-refractivity contribution in [3.63, 3.8) is 0 Å². The molecule has 3 heterocycles. The van der Waals surface area contributed by atoms with Gasteiger partial charge in [0.1, 0.15) is 15.7 Å². The van der Waals surface area contributed by atoms with Crippen molar-refractivity contribution in [1.82, 2.24) is 10.5 Å². The van der Waals surface area contributed by atoms with Crippen LogP contribution < -0.4 is 5.32 Å². The fourth-order valence-electron chi connectivity index (χ4n) is 3.19. The van der Waals surface area contributed by atoms with Crippen LogP contribution in [0.3, 0.4) is 0 Å². The van der Waals surface area contributed by atoms with E-state index in [0.29, 0.717) is 32.9 Å². The summed E-state index contributed by atoms with van der Waals surface area (Å²) in [7, 11) is -3.33. The van der Waals surface area contributed by atoms with Crippen molar-refractivity contribution < 1.29 is 22.1 Å². The molecule has 0 bridgehead atoms. The number of aromatic nitrogens is 1. The molecule has 0 spiro atoms. The van der Waals surface area contributed by atoms with Gasteiger partial charge in [-0.2, -0.15) is 0 Å². The van der Waals surface area contributed by atoms with Gasteiger partial charge >= 0.3 is 0 Å². The number of nitrogens with one attached hydrogen (secondary N) is 1. The third-order valence-electron chi connectivity index (χ3n) is 4.56. The Morgan fingerprint density at radius 1 is 1.42 bits per heavy atom. The molecule has 0 radical (unpaired) electrons. The van der Waals surface area contributed by atoms with Gasteiger partial charge in [-0.1, -0.05) is 5.16 Å². The van der Waals surface area contributed by atoms with Crippen molar-refractivity contribution in [1.29, 1.82) is 0 Å². The summed E-state index contributed by atoms with van der Waals surface area (Å²) in [5.41, 5.74) is 1.38. The molecule has 9 heteroatoms. The monoisotopic (exact) mass is 394 g/mol. The van der Waals surface area contributed by atoms with Crippen LogP contribution >= 0.6 is 11.3 Å². The van der Waals surface area contributed by atoms with Gasteiger partial charge in [-0.25, -0.2) is 12.8 Å². The molecular weight excluding hydrogens is 379 g/mol. The largest absolute Gasteiger partial charge is 0.356 e. The Balaban J connectivity index is 1.56. The van der Waals surface area contributed by atoms with Crippen LogP contribution in [0.4, 0.5) is 4.39 Å². The van der Waals surface area contributed by atoms with E-state index in [4.69, 9.17) is 4.52 Å². The maximum Gasteiger partial charge on any atom is 0.226 e. The highest BCUT2D eigenvalue weighted by molar-refractivity contribution is 7.94. The predicted octanol–water partition coefficient (Wildman–Crippen LogP) is 2.99. The topological polar surface area (TPSA) is 89.3 Å². The number of benzene rings is 1. The normalized spacial score (nSPS) is 21.5. The Morgan fingerprint density at radius 2 is 2.23 bits per heavy atom. The van der Waals surface area contributed by atoms with Crippen LogP contribution in [0, 0.1) is 5.82 Å². The molecule has 136 valence electrons. The first kappa shape index (κ1) is 17.2. The minimum atomic E-state index is -3.33. The average Bonchev–Trinajstić information content (AvgIpc) is 3.21. The van der Waals surface area contributed by atoms with Crippen LogP contribution in [0.5, 0.6) is 0 Å². The van der Waals surface area contributed by atoms with Crippen molar-refractivity contribution in [2.75, 3.05) is 0 Å². The third-order valence-corrected chi connectivity index (χ3v) is 8.27. The molecule has 0 saturated carbocycles. The van der Waals surface area contributed by atoms with Crippen LogP contribution in [-0.2, 0) is 21.1 Å². The molecule has 2 atom stereocenters. The van der Waals surface area contributed by atoms with Gasteiger partial charge in [0.2, 0.25) is 5.91 Å². The van der Waals surface area contributed by atoms with E-state index in [1.54, 1.807) is 18.4 Å². The van der Waals surface area contributed by atoms with Gasteiger partial charge in [0, 0.05) is 10.9 Å². The molecule has 6 nitrogen and oxygen atoms in total. The van der Waals surface area contributed by atoms with Crippen molar-refractivity contribution in [2.24, 2.45) is 0 Å². The molecule has 1 amide bonds. The highest BCUT2D eigenvalue weighted by atomic mass is 32.2. The van der Waals surface area contributed by atoms with Gasteiger partial charge in [-0.05, 0) is 43.0 Å². The van der Waals surface area contributed by atoms with Crippen molar-refractivity contribution in [3.05, 3.63) is 46.7 Å². The highest BCUT2D eigenvalue weighted by Gasteiger charge is 2.38. The van der Waals surface area contributed by atoms with E-state index in [1.165, 1.54) is 29.5 Å². The molecule has 1 aliphatic heterocycles. The molecular formula is C17H15FN2O4S2. The average molecular weight is 394 g/mol. The molecule has 2 aromatic heterocycles. The quantitative estimate of drug-likeness (QED) is 0.738. The van der Waals surface area contributed by atoms with Gasteiger partial charge in [0.05, 0.1) is 17.7 Å². The number of carbonyl (C=O) groups is 1. The molecule has 0 fully saturated rings. The molecule has 4 rings (SSSR count). The summed E-state index contributed by atoms with van der Waals surface area (Å²) in [5, 5.41) is 8.32. The number of hydrogen-bond acceptors (Lipinski definition) is 6. The van der Waals surface area contributed by atoms with E-state index in [0.717, 1.165) is 0 Å². The zero-order valence-electron chi connectivity index (χ0n) is 13.7. The van der Waals surface area contributed by atoms with E-state index >= 15 is 0 Å². The smallest absolute Gasteiger partial charge is 0.226 e. The Labute approximate surface area is 152 Å². The molecule has 26 heavy (non-hydrogen) atoms. The molecule has 1 aromatic carbocycles. The predicted molar refractivity (Wildman–Crippen MR) is 94.1 cm³/mol. The summed E-state index contributed by atoms with van der Waals surface area (Å²) in [6.07, 6.45) is 0.236. The van der Waals surface area contributed by atoms with Crippen LogP contribution in [0.15, 0.2) is 38.4 Å². The summed E-state index contributed by atoms with van der Waals surface area (Å²) in [5.74, 6) is -0.755. The van der Waals surface area contributed by atoms with Gasteiger partial charge in [0.25, 0.3) is 0 Å². The van der Waals surface area contributed by atoms with E-state index in [2.05, 4.69) is 10.5 Å². The minimum absolute atomic E-state index is 0.0758. The fourth-order valence-corrected chi connectivity index (χ4v) is 6.42. The van der Waals surface area contributed by atoms with Gasteiger partial charge < -0.3 is 9.84 Å². The van der Waals surface area contributed by atoms with Gasteiger partial charge in [-0.15, -0.1) is 11.3 Å². The Bertz CT molecular complexity index is 1100. The number of sulfone groups is 1. The van der Waals surface area contributed by atoms with E-state index in [1.807, 2.05) is 0 Å². The fraction of sp³-hybridized carbons (Fsp3) is 0.294. The lowest BCUT2D eigenvalue weighted by Crippen LogP contribution is -2.37. The molecule has 0 aliphatic carbocycles. The molecule has 3 aromatic rings.